The monoisotopic (exact) mass is 617 g/mol. The lowest BCUT2D eigenvalue weighted by Crippen LogP contribution is -2.09. The lowest BCUT2D eigenvalue weighted by atomic mass is 9.97. The van der Waals surface area contributed by atoms with E-state index < -0.39 is 0 Å². The zero-order valence-corrected chi connectivity index (χ0v) is 26.2. The molecule has 0 aliphatic rings. The molecule has 0 unspecified atom stereocenters. The van der Waals surface area contributed by atoms with Crippen LogP contribution in [0.15, 0.2) is 168 Å². The highest BCUT2D eigenvalue weighted by molar-refractivity contribution is 7.26. The maximum absolute atomic E-state index is 6.54. The fraction of sp³-hybridized carbons (Fsp3) is 0. The SMILES string of the molecule is c1ccc(N(c2cccc(-c3cccc4ccccc34)c2)c2ccc3c(c2)sc2ccc4oc5c6ccccc6ccc5c4c23)cc1. The molecule has 10 rings (SSSR count). The molecule has 0 saturated carbocycles. The van der Waals surface area contributed by atoms with Crippen LogP contribution in [0.3, 0.4) is 0 Å². The normalized spacial score (nSPS) is 11.8. The van der Waals surface area contributed by atoms with Gasteiger partial charge in [-0.05, 0) is 81.9 Å². The van der Waals surface area contributed by atoms with E-state index in [9.17, 15) is 0 Å². The molecule has 0 aliphatic carbocycles. The van der Waals surface area contributed by atoms with E-state index in [1.54, 1.807) is 0 Å². The highest BCUT2D eigenvalue weighted by Gasteiger charge is 2.19. The van der Waals surface area contributed by atoms with Crippen molar-refractivity contribution in [1.29, 1.82) is 0 Å². The number of rotatable bonds is 4. The van der Waals surface area contributed by atoms with Crippen molar-refractivity contribution in [3.63, 3.8) is 0 Å². The van der Waals surface area contributed by atoms with Crippen LogP contribution in [0, 0.1) is 0 Å². The fourth-order valence-corrected chi connectivity index (χ4v) is 8.45. The van der Waals surface area contributed by atoms with E-state index in [1.807, 2.05) is 11.3 Å². The van der Waals surface area contributed by atoms with Gasteiger partial charge in [-0.3, -0.25) is 0 Å². The van der Waals surface area contributed by atoms with Gasteiger partial charge < -0.3 is 9.32 Å². The lowest BCUT2D eigenvalue weighted by Gasteiger charge is -2.26. The van der Waals surface area contributed by atoms with E-state index >= 15 is 0 Å². The molecule has 0 aliphatic heterocycles. The third-order valence-corrected chi connectivity index (χ3v) is 10.5. The van der Waals surface area contributed by atoms with Crippen molar-refractivity contribution in [3.05, 3.63) is 164 Å². The van der Waals surface area contributed by atoms with E-state index in [0.29, 0.717) is 0 Å². The van der Waals surface area contributed by atoms with Gasteiger partial charge >= 0.3 is 0 Å². The molecule has 0 amide bonds. The smallest absolute Gasteiger partial charge is 0.143 e. The predicted molar refractivity (Wildman–Crippen MR) is 202 cm³/mol. The second-order valence-corrected chi connectivity index (χ2v) is 13.2. The molecule has 2 heterocycles. The molecule has 0 atom stereocenters. The number of fused-ring (bicyclic) bond motifs is 10. The molecule has 220 valence electrons. The Morgan fingerprint density at radius 1 is 0.426 bits per heavy atom. The first-order valence-corrected chi connectivity index (χ1v) is 16.7. The maximum atomic E-state index is 6.54. The molecule has 0 saturated heterocycles. The standard InChI is InChI=1S/C44H27NOS/c1-2-14-31(15-3-1)45(32-16-8-13-30(26-32)35-19-9-12-28-10-4-6-17-34(28)35)33-21-23-37-41(27-33)47-40-25-24-39-42(43(37)40)38-22-20-29-11-5-7-18-36(29)44(38)46-39/h1-27H. The van der Waals surface area contributed by atoms with Gasteiger partial charge in [-0.15, -0.1) is 11.3 Å². The van der Waals surface area contributed by atoms with Crippen molar-refractivity contribution in [2.45, 2.75) is 0 Å². The number of hydrogen-bond acceptors (Lipinski definition) is 3. The summed E-state index contributed by atoms with van der Waals surface area (Å²) < 4.78 is 9.06. The summed E-state index contributed by atoms with van der Waals surface area (Å²) >= 11 is 1.85. The molecule has 3 heteroatoms. The Labute approximate surface area is 275 Å². The molecule has 0 fully saturated rings. The van der Waals surface area contributed by atoms with Gasteiger partial charge in [0.25, 0.3) is 0 Å². The minimum atomic E-state index is 0.934. The molecule has 2 aromatic heterocycles. The van der Waals surface area contributed by atoms with Crippen LogP contribution in [-0.2, 0) is 0 Å². The van der Waals surface area contributed by atoms with E-state index in [0.717, 1.165) is 33.6 Å². The number of anilines is 3. The molecule has 2 nitrogen and oxygen atoms in total. The number of thiophene rings is 1. The summed E-state index contributed by atoms with van der Waals surface area (Å²) in [6.07, 6.45) is 0. The topological polar surface area (TPSA) is 16.4 Å². The van der Waals surface area contributed by atoms with Crippen LogP contribution in [0.4, 0.5) is 17.1 Å². The van der Waals surface area contributed by atoms with Crippen LogP contribution in [0.1, 0.15) is 0 Å². The van der Waals surface area contributed by atoms with Gasteiger partial charge in [-0.1, -0.05) is 109 Å². The van der Waals surface area contributed by atoms with Crippen LogP contribution in [0.25, 0.3) is 74.8 Å². The molecule has 8 aromatic carbocycles. The molecule has 0 N–H and O–H groups in total. The Hall–Kier alpha value is -5.90. The minimum Gasteiger partial charge on any atom is -0.455 e. The van der Waals surface area contributed by atoms with Crippen molar-refractivity contribution in [2.75, 3.05) is 4.90 Å². The van der Waals surface area contributed by atoms with Gasteiger partial charge in [0, 0.05) is 53.4 Å². The van der Waals surface area contributed by atoms with Gasteiger partial charge in [0.2, 0.25) is 0 Å². The van der Waals surface area contributed by atoms with Crippen LogP contribution in [-0.4, -0.2) is 0 Å². The Bertz CT molecular complexity index is 2800. The Morgan fingerprint density at radius 2 is 1.13 bits per heavy atom. The van der Waals surface area contributed by atoms with Crippen LogP contribution in [0.5, 0.6) is 0 Å². The third-order valence-electron chi connectivity index (χ3n) is 9.42. The van der Waals surface area contributed by atoms with E-state index in [2.05, 4.69) is 169 Å². The van der Waals surface area contributed by atoms with E-state index in [1.165, 1.54) is 58.2 Å². The van der Waals surface area contributed by atoms with Gasteiger partial charge in [0.15, 0.2) is 0 Å². The highest BCUT2D eigenvalue weighted by atomic mass is 32.1. The molecule has 0 spiro atoms. The number of para-hydroxylation sites is 1. The first-order chi connectivity index (χ1) is 23.3. The molecular weight excluding hydrogens is 591 g/mol. The first kappa shape index (κ1) is 26.3. The minimum absolute atomic E-state index is 0.934. The Morgan fingerprint density at radius 3 is 2.02 bits per heavy atom. The summed E-state index contributed by atoms with van der Waals surface area (Å²) in [6, 6.07) is 58.9. The average Bonchev–Trinajstić information content (AvgIpc) is 3.70. The lowest BCUT2D eigenvalue weighted by molar-refractivity contribution is 0.673. The van der Waals surface area contributed by atoms with Crippen molar-refractivity contribution < 1.29 is 4.42 Å². The second-order valence-electron chi connectivity index (χ2n) is 12.1. The third kappa shape index (κ3) is 4.10. The van der Waals surface area contributed by atoms with Gasteiger partial charge in [-0.25, -0.2) is 0 Å². The van der Waals surface area contributed by atoms with Crippen molar-refractivity contribution in [1.82, 2.24) is 0 Å². The first-order valence-electron chi connectivity index (χ1n) is 15.9. The summed E-state index contributed by atoms with van der Waals surface area (Å²) in [5.74, 6) is 0. The summed E-state index contributed by atoms with van der Waals surface area (Å²) in [7, 11) is 0. The Balaban J connectivity index is 1.17. The quantitative estimate of drug-likeness (QED) is 0.195. The molecule has 0 radical (unpaired) electrons. The average molecular weight is 618 g/mol. The maximum Gasteiger partial charge on any atom is 0.143 e. The number of benzene rings is 8. The summed E-state index contributed by atoms with van der Waals surface area (Å²) in [4.78, 5) is 2.37. The number of nitrogens with zero attached hydrogens (tertiary/aromatic N) is 1. The zero-order valence-electron chi connectivity index (χ0n) is 25.4. The number of hydrogen-bond donors (Lipinski definition) is 0. The zero-order chi connectivity index (χ0) is 30.9. The van der Waals surface area contributed by atoms with Gasteiger partial charge in [0.05, 0.1) is 0 Å². The number of furan rings is 1. The Kier molecular flexibility index (Phi) is 5.78. The van der Waals surface area contributed by atoms with Crippen LogP contribution >= 0.6 is 11.3 Å². The molecule has 10 aromatic rings. The van der Waals surface area contributed by atoms with Crippen molar-refractivity contribution in [2.24, 2.45) is 0 Å². The molecular formula is C44H27NOS. The van der Waals surface area contributed by atoms with Crippen molar-refractivity contribution >= 4 is 92.1 Å². The van der Waals surface area contributed by atoms with Crippen LogP contribution < -0.4 is 4.90 Å². The molecule has 0 bridgehead atoms. The van der Waals surface area contributed by atoms with E-state index in [4.69, 9.17) is 4.42 Å². The highest BCUT2D eigenvalue weighted by Crippen LogP contribution is 2.46. The van der Waals surface area contributed by atoms with Gasteiger partial charge in [-0.2, -0.15) is 0 Å². The fourth-order valence-electron chi connectivity index (χ4n) is 7.30. The summed E-state index contributed by atoms with van der Waals surface area (Å²) in [5.41, 5.74) is 7.71. The second kappa shape index (κ2) is 10.3. The predicted octanol–water partition coefficient (Wildman–Crippen LogP) is 13.4. The van der Waals surface area contributed by atoms with E-state index in [-0.39, 0.29) is 0 Å². The largest absolute Gasteiger partial charge is 0.455 e. The summed E-state index contributed by atoms with van der Waals surface area (Å²) in [5, 5.41) is 9.75. The van der Waals surface area contributed by atoms with Crippen LogP contribution in [0.2, 0.25) is 0 Å². The van der Waals surface area contributed by atoms with Crippen molar-refractivity contribution in [3.8, 4) is 11.1 Å². The van der Waals surface area contributed by atoms with Gasteiger partial charge in [0.1, 0.15) is 11.2 Å². The molecule has 47 heavy (non-hydrogen) atoms. The summed E-state index contributed by atoms with van der Waals surface area (Å²) in [6.45, 7) is 0.